The Hall–Kier alpha value is -1.47. The quantitative estimate of drug-likeness (QED) is 0.828. The molecular weight excluding hydrogens is 242 g/mol. The van der Waals surface area contributed by atoms with Gasteiger partial charge in [-0.3, -0.25) is 0 Å². The molecule has 3 rings (SSSR count). The van der Waals surface area contributed by atoms with Gasteiger partial charge in [0.15, 0.2) is 0 Å². The maximum absolute atomic E-state index is 6.05. The van der Waals surface area contributed by atoms with E-state index in [0.717, 1.165) is 17.9 Å². The number of nitrogens with one attached hydrogen (secondary N) is 1. The number of rotatable bonds is 2. The van der Waals surface area contributed by atoms with Crippen molar-refractivity contribution < 1.29 is 0 Å². The summed E-state index contributed by atoms with van der Waals surface area (Å²) in [5, 5.41) is 4.38. The van der Waals surface area contributed by atoms with Crippen LogP contribution in [-0.2, 0) is 12.8 Å². The molecule has 0 saturated carbocycles. The zero-order valence-electron chi connectivity index (χ0n) is 10.4. The second kappa shape index (κ2) is 4.66. The third kappa shape index (κ3) is 2.11. The molecule has 0 saturated heterocycles. The molecule has 1 N–H and O–H groups in total. The van der Waals surface area contributed by atoms with E-state index < -0.39 is 0 Å². The van der Waals surface area contributed by atoms with Crippen LogP contribution < -0.4 is 5.32 Å². The summed E-state index contributed by atoms with van der Waals surface area (Å²) < 4.78 is 0. The van der Waals surface area contributed by atoms with Crippen molar-refractivity contribution in [1.82, 2.24) is 0 Å². The average Bonchev–Trinajstić information content (AvgIpc) is 2.81. The van der Waals surface area contributed by atoms with Crippen molar-refractivity contribution in [1.29, 1.82) is 0 Å². The SMILES string of the molecule is CCc1ccc2c(c1)CC(c1cccc(Cl)c1)N2. The zero-order valence-corrected chi connectivity index (χ0v) is 11.2. The molecule has 0 amide bonds. The van der Waals surface area contributed by atoms with Gasteiger partial charge in [0, 0.05) is 10.7 Å². The van der Waals surface area contributed by atoms with Crippen LogP contribution in [0.2, 0.25) is 5.02 Å². The predicted octanol–water partition coefficient (Wildman–Crippen LogP) is 4.61. The van der Waals surface area contributed by atoms with Gasteiger partial charge in [-0.2, -0.15) is 0 Å². The largest absolute Gasteiger partial charge is 0.378 e. The average molecular weight is 258 g/mol. The molecule has 1 heterocycles. The molecule has 2 heteroatoms. The molecule has 1 atom stereocenters. The number of halogens is 1. The number of anilines is 1. The van der Waals surface area contributed by atoms with E-state index in [1.165, 1.54) is 22.4 Å². The van der Waals surface area contributed by atoms with Gasteiger partial charge in [0.25, 0.3) is 0 Å². The Morgan fingerprint density at radius 2 is 2.11 bits per heavy atom. The summed E-state index contributed by atoms with van der Waals surface area (Å²) in [5.41, 5.74) is 5.34. The van der Waals surface area contributed by atoms with Crippen LogP contribution in [0.5, 0.6) is 0 Å². The molecule has 2 aromatic carbocycles. The molecule has 18 heavy (non-hydrogen) atoms. The van der Waals surface area contributed by atoms with Gasteiger partial charge in [0.05, 0.1) is 6.04 Å². The van der Waals surface area contributed by atoms with Crippen LogP contribution in [0.3, 0.4) is 0 Å². The molecular formula is C16H16ClN. The molecule has 1 aliphatic rings. The van der Waals surface area contributed by atoms with E-state index in [9.17, 15) is 0 Å². The Morgan fingerprint density at radius 1 is 1.22 bits per heavy atom. The third-order valence-electron chi connectivity index (χ3n) is 3.58. The summed E-state index contributed by atoms with van der Waals surface area (Å²) >= 11 is 6.05. The highest BCUT2D eigenvalue weighted by Gasteiger charge is 2.21. The van der Waals surface area contributed by atoms with Gasteiger partial charge in [0.1, 0.15) is 0 Å². The molecule has 0 aromatic heterocycles. The molecule has 0 aliphatic carbocycles. The normalized spacial score (nSPS) is 17.3. The van der Waals surface area contributed by atoms with Crippen LogP contribution in [0.15, 0.2) is 42.5 Å². The van der Waals surface area contributed by atoms with E-state index in [1.807, 2.05) is 18.2 Å². The maximum Gasteiger partial charge on any atom is 0.0555 e. The fourth-order valence-corrected chi connectivity index (χ4v) is 2.76. The highest BCUT2D eigenvalue weighted by Crippen LogP contribution is 2.35. The third-order valence-corrected chi connectivity index (χ3v) is 3.82. The summed E-state index contributed by atoms with van der Waals surface area (Å²) in [6.07, 6.45) is 2.14. The van der Waals surface area contributed by atoms with E-state index >= 15 is 0 Å². The van der Waals surface area contributed by atoms with E-state index in [0.29, 0.717) is 6.04 Å². The standard InChI is InChI=1S/C16H16ClN/c1-2-11-6-7-15-13(8-11)10-16(18-15)12-4-3-5-14(17)9-12/h3-9,16,18H,2,10H2,1H3. The fraction of sp³-hybridized carbons (Fsp3) is 0.250. The molecule has 0 bridgehead atoms. The van der Waals surface area contributed by atoms with Gasteiger partial charge in [-0.15, -0.1) is 0 Å². The highest BCUT2D eigenvalue weighted by molar-refractivity contribution is 6.30. The fourth-order valence-electron chi connectivity index (χ4n) is 2.56. The number of aryl methyl sites for hydroxylation is 1. The monoisotopic (exact) mass is 257 g/mol. The molecule has 1 aliphatic heterocycles. The Bertz CT molecular complexity index is 577. The van der Waals surface area contributed by atoms with Crippen LogP contribution in [0.4, 0.5) is 5.69 Å². The minimum absolute atomic E-state index is 0.353. The Labute approximate surface area is 113 Å². The molecule has 0 radical (unpaired) electrons. The number of fused-ring (bicyclic) bond motifs is 1. The zero-order chi connectivity index (χ0) is 12.5. The summed E-state index contributed by atoms with van der Waals surface area (Å²) in [5.74, 6) is 0. The minimum atomic E-state index is 0.353. The van der Waals surface area contributed by atoms with Crippen molar-refractivity contribution in [3.8, 4) is 0 Å². The van der Waals surface area contributed by atoms with Crippen molar-refractivity contribution in [2.75, 3.05) is 5.32 Å². The molecule has 0 fully saturated rings. The van der Waals surface area contributed by atoms with Crippen LogP contribution in [0, 0.1) is 0 Å². The summed E-state index contributed by atoms with van der Waals surface area (Å²) in [7, 11) is 0. The van der Waals surface area contributed by atoms with Crippen LogP contribution >= 0.6 is 11.6 Å². The lowest BCUT2D eigenvalue weighted by atomic mass is 10.0. The van der Waals surface area contributed by atoms with E-state index in [4.69, 9.17) is 11.6 Å². The topological polar surface area (TPSA) is 12.0 Å². The van der Waals surface area contributed by atoms with Crippen LogP contribution in [-0.4, -0.2) is 0 Å². The molecule has 2 aromatic rings. The summed E-state index contributed by atoms with van der Waals surface area (Å²) in [6, 6.07) is 15.2. The minimum Gasteiger partial charge on any atom is -0.378 e. The van der Waals surface area contributed by atoms with Crippen LogP contribution in [0.25, 0.3) is 0 Å². The van der Waals surface area contributed by atoms with Gasteiger partial charge in [-0.25, -0.2) is 0 Å². The van der Waals surface area contributed by atoms with Crippen molar-refractivity contribution in [2.45, 2.75) is 25.8 Å². The molecule has 92 valence electrons. The first kappa shape index (κ1) is 11.6. The van der Waals surface area contributed by atoms with Gasteiger partial charge in [0.2, 0.25) is 0 Å². The van der Waals surface area contributed by atoms with Gasteiger partial charge < -0.3 is 5.32 Å². The van der Waals surface area contributed by atoms with Gasteiger partial charge in [-0.1, -0.05) is 42.8 Å². The molecule has 0 spiro atoms. The summed E-state index contributed by atoms with van der Waals surface area (Å²) in [4.78, 5) is 0. The lowest BCUT2D eigenvalue weighted by Gasteiger charge is -2.11. The van der Waals surface area contributed by atoms with Gasteiger partial charge in [-0.05, 0) is 47.7 Å². The smallest absolute Gasteiger partial charge is 0.0555 e. The Morgan fingerprint density at radius 3 is 2.89 bits per heavy atom. The first-order valence-corrected chi connectivity index (χ1v) is 6.78. The predicted molar refractivity (Wildman–Crippen MR) is 77.3 cm³/mol. The second-order valence-electron chi connectivity index (χ2n) is 4.80. The lowest BCUT2D eigenvalue weighted by Crippen LogP contribution is -2.05. The highest BCUT2D eigenvalue weighted by atomic mass is 35.5. The van der Waals surface area contributed by atoms with E-state index in [1.54, 1.807) is 0 Å². The maximum atomic E-state index is 6.05. The van der Waals surface area contributed by atoms with E-state index in [2.05, 4.69) is 36.5 Å². The first-order valence-electron chi connectivity index (χ1n) is 6.40. The Kier molecular flexibility index (Phi) is 3.00. The molecule has 1 unspecified atom stereocenters. The number of benzene rings is 2. The van der Waals surface area contributed by atoms with Gasteiger partial charge >= 0.3 is 0 Å². The number of hydrogen-bond acceptors (Lipinski definition) is 1. The lowest BCUT2D eigenvalue weighted by molar-refractivity contribution is 0.823. The number of hydrogen-bond donors (Lipinski definition) is 1. The van der Waals surface area contributed by atoms with Crippen molar-refractivity contribution in [2.24, 2.45) is 0 Å². The Balaban J connectivity index is 1.88. The van der Waals surface area contributed by atoms with Crippen molar-refractivity contribution in [3.05, 3.63) is 64.2 Å². The summed E-state index contributed by atoms with van der Waals surface area (Å²) in [6.45, 7) is 2.19. The van der Waals surface area contributed by atoms with Crippen molar-refractivity contribution >= 4 is 17.3 Å². The molecule has 1 nitrogen and oxygen atoms in total. The van der Waals surface area contributed by atoms with E-state index in [-0.39, 0.29) is 0 Å². The first-order chi connectivity index (χ1) is 8.76. The van der Waals surface area contributed by atoms with Crippen molar-refractivity contribution in [3.63, 3.8) is 0 Å². The van der Waals surface area contributed by atoms with Crippen LogP contribution in [0.1, 0.15) is 29.7 Å². The second-order valence-corrected chi connectivity index (χ2v) is 5.24.